The first-order valence-electron chi connectivity index (χ1n) is 2.47. The first-order valence-corrected chi connectivity index (χ1v) is 2.47. The Balaban J connectivity index is -0.000000245. The van der Waals surface area contributed by atoms with Crippen molar-refractivity contribution in [2.75, 3.05) is 0 Å². The normalized spacial score (nSPS) is 8.70. The summed E-state index contributed by atoms with van der Waals surface area (Å²) in [6, 6.07) is 0. The molecule has 0 radical (unpaired) electrons. The number of carbonyl (C=O) groups excluding carboxylic acids is 1. The van der Waals surface area contributed by atoms with E-state index in [0.29, 0.717) is 0 Å². The summed E-state index contributed by atoms with van der Waals surface area (Å²) in [5, 5.41) is 0. The summed E-state index contributed by atoms with van der Waals surface area (Å²) >= 11 is 0. The Hall–Kier alpha value is 0.586. The number of ether oxygens (including phenoxy) is 1. The van der Waals surface area contributed by atoms with E-state index in [1.807, 2.05) is 0 Å². The zero-order valence-electron chi connectivity index (χ0n) is 6.61. The van der Waals surface area contributed by atoms with Crippen LogP contribution in [0.2, 0.25) is 0 Å². The second-order valence-electron chi connectivity index (χ2n) is 2.59. The van der Waals surface area contributed by atoms with Crippen LogP contribution in [0.1, 0.15) is 20.8 Å². The van der Waals surface area contributed by atoms with Gasteiger partial charge in [0.2, 0.25) is 0 Å². The van der Waals surface area contributed by atoms with Crippen LogP contribution in [0, 0.1) is 6.92 Å². The molecule has 0 aliphatic carbocycles. The average Bonchev–Trinajstić information content (AvgIpc) is 1.21. The van der Waals surface area contributed by atoms with E-state index >= 15 is 0 Å². The molecular weight excluding hydrogens is 208 g/mol. The number of carbonyl (C=O) groups is 1. The minimum absolute atomic E-state index is 0. The van der Waals surface area contributed by atoms with Gasteiger partial charge in [-0.3, -0.25) is 11.7 Å². The van der Waals surface area contributed by atoms with E-state index in [4.69, 9.17) is 0 Å². The molecule has 4 heteroatoms. The van der Waals surface area contributed by atoms with Crippen LogP contribution in [-0.2, 0) is 9.53 Å². The van der Waals surface area contributed by atoms with Crippen LogP contribution in [0.5, 0.6) is 0 Å². The summed E-state index contributed by atoms with van der Waals surface area (Å²) in [6.45, 7) is 8.47. The van der Waals surface area contributed by atoms with E-state index in [-0.39, 0.29) is 40.0 Å². The summed E-state index contributed by atoms with van der Waals surface area (Å²) < 4.78 is 4.69. The smallest absolute Gasteiger partial charge is 1.00 e. The van der Waals surface area contributed by atoms with Crippen molar-refractivity contribution in [3.05, 3.63) is 6.92 Å². The third-order valence-electron chi connectivity index (χ3n) is 0.420. The van der Waals surface area contributed by atoms with Gasteiger partial charge in [-0.05, 0) is 20.8 Å². The Morgan fingerprint density at radius 1 is 1.40 bits per heavy atom. The molecule has 0 fully saturated rings. The van der Waals surface area contributed by atoms with Crippen LogP contribution in [-0.4, -0.2) is 34.6 Å². The van der Waals surface area contributed by atoms with Gasteiger partial charge < -0.3 is 21.7 Å². The number of hydrogen-bond acceptors (Lipinski definition) is 2. The van der Waals surface area contributed by atoms with Gasteiger partial charge in [0.1, 0.15) is 5.60 Å². The second-order valence-corrected chi connectivity index (χ2v) is 2.59. The van der Waals surface area contributed by atoms with Crippen molar-refractivity contribution in [3.63, 3.8) is 0 Å². The van der Waals surface area contributed by atoms with Crippen molar-refractivity contribution >= 4 is 29.0 Å². The van der Waals surface area contributed by atoms with Gasteiger partial charge in [0.25, 0.3) is 0 Å². The fourth-order valence-corrected chi connectivity index (χ4v) is 0.342. The van der Waals surface area contributed by atoms with Gasteiger partial charge in [-0.15, -0.1) is 0 Å². The maximum absolute atomic E-state index is 10.1. The monoisotopic (exact) mass is 218 g/mol. The summed E-state index contributed by atoms with van der Waals surface area (Å²) in [6.07, 6.45) is 0. The Labute approximate surface area is 88.6 Å². The molecule has 56 valence electrons. The van der Waals surface area contributed by atoms with Gasteiger partial charge in [-0.25, -0.2) is 0 Å². The molecule has 0 aliphatic rings. The molecule has 0 aromatic rings. The Kier molecular flexibility index (Phi) is 10.7. The SMILES string of the molecule is [Br-].[CH2-]C(=O)OC(C)(C)C.[Mg+2]. The summed E-state index contributed by atoms with van der Waals surface area (Å²) in [7, 11) is 0. The van der Waals surface area contributed by atoms with E-state index in [1.54, 1.807) is 20.8 Å². The maximum atomic E-state index is 10.1. The second kappa shape index (κ2) is 6.31. The van der Waals surface area contributed by atoms with E-state index in [2.05, 4.69) is 11.7 Å². The fourth-order valence-electron chi connectivity index (χ4n) is 0.342. The molecule has 0 N–H and O–H groups in total. The molecule has 0 saturated carbocycles. The Morgan fingerprint density at radius 2 is 1.70 bits per heavy atom. The summed E-state index contributed by atoms with van der Waals surface area (Å²) in [5.74, 6) is -0.475. The molecule has 0 aromatic carbocycles. The van der Waals surface area contributed by atoms with Crippen molar-refractivity contribution in [2.45, 2.75) is 26.4 Å². The standard InChI is InChI=1S/C6H11O2.BrH.Mg/c1-5(7)8-6(2,3)4;;/h1H2,2-4H3;1H;/q-1;;+2/p-1. The first-order chi connectivity index (χ1) is 3.42. The predicted molar refractivity (Wildman–Crippen MR) is 37.0 cm³/mol. The molecule has 0 unspecified atom stereocenters. The van der Waals surface area contributed by atoms with Crippen LogP contribution in [0.3, 0.4) is 0 Å². The van der Waals surface area contributed by atoms with Crippen molar-refractivity contribution in [2.24, 2.45) is 0 Å². The van der Waals surface area contributed by atoms with Gasteiger partial charge in [0.15, 0.2) is 5.97 Å². The molecule has 0 amide bonds. The van der Waals surface area contributed by atoms with Crippen molar-refractivity contribution < 1.29 is 26.5 Å². The minimum Gasteiger partial charge on any atom is -1.00 e. The third-order valence-corrected chi connectivity index (χ3v) is 0.420. The predicted octanol–water partition coefficient (Wildman–Crippen LogP) is -2.21. The molecule has 0 heterocycles. The largest absolute Gasteiger partial charge is 2.00 e. The average molecular weight is 219 g/mol. The summed E-state index contributed by atoms with van der Waals surface area (Å²) in [4.78, 5) is 10.1. The van der Waals surface area contributed by atoms with Gasteiger partial charge >= 0.3 is 23.1 Å². The molecule has 0 aliphatic heterocycles. The van der Waals surface area contributed by atoms with Crippen LogP contribution >= 0.6 is 0 Å². The third kappa shape index (κ3) is 15.8. The zero-order chi connectivity index (χ0) is 6.78. The molecule has 0 rings (SSSR count). The zero-order valence-corrected chi connectivity index (χ0v) is 9.61. The first kappa shape index (κ1) is 16.9. The topological polar surface area (TPSA) is 26.3 Å². The molecule has 0 saturated heterocycles. The maximum Gasteiger partial charge on any atom is 2.00 e. The van der Waals surface area contributed by atoms with Crippen molar-refractivity contribution in [3.8, 4) is 0 Å². The molecule has 10 heavy (non-hydrogen) atoms. The van der Waals surface area contributed by atoms with E-state index in [1.165, 1.54) is 0 Å². The quantitative estimate of drug-likeness (QED) is 0.262. The van der Waals surface area contributed by atoms with Gasteiger partial charge in [0.05, 0.1) is 0 Å². The van der Waals surface area contributed by atoms with Gasteiger partial charge in [-0.2, -0.15) is 0 Å². The van der Waals surface area contributed by atoms with E-state index in [0.717, 1.165) is 0 Å². The molecule has 0 bridgehead atoms. The van der Waals surface area contributed by atoms with Crippen molar-refractivity contribution in [1.29, 1.82) is 0 Å². The van der Waals surface area contributed by atoms with Crippen LogP contribution in [0.15, 0.2) is 0 Å². The van der Waals surface area contributed by atoms with Crippen LogP contribution in [0.25, 0.3) is 0 Å². The van der Waals surface area contributed by atoms with Crippen LogP contribution < -0.4 is 17.0 Å². The molecule has 2 nitrogen and oxygen atoms in total. The van der Waals surface area contributed by atoms with Gasteiger partial charge in [-0.1, -0.05) is 0 Å². The molecule has 0 spiro atoms. The van der Waals surface area contributed by atoms with E-state index in [9.17, 15) is 4.79 Å². The molecule has 0 atom stereocenters. The fraction of sp³-hybridized carbons (Fsp3) is 0.667. The van der Waals surface area contributed by atoms with E-state index < -0.39 is 11.6 Å². The number of halogens is 1. The number of rotatable bonds is 0. The van der Waals surface area contributed by atoms with Gasteiger partial charge in [0, 0.05) is 0 Å². The number of esters is 1. The number of hydrogen-bond donors (Lipinski definition) is 0. The Morgan fingerprint density at radius 3 is 1.70 bits per heavy atom. The van der Waals surface area contributed by atoms with Crippen molar-refractivity contribution in [1.82, 2.24) is 0 Å². The molecule has 0 aromatic heterocycles. The molecular formula is C6H11BrMgO2. The summed E-state index contributed by atoms with van der Waals surface area (Å²) in [5.41, 5.74) is -0.390. The Bertz CT molecular complexity index is 98.4. The minimum atomic E-state index is -0.475. The van der Waals surface area contributed by atoms with Crippen LogP contribution in [0.4, 0.5) is 0 Å².